The van der Waals surface area contributed by atoms with E-state index in [1.807, 2.05) is 54.6 Å². The van der Waals surface area contributed by atoms with Crippen molar-refractivity contribution in [3.05, 3.63) is 78.4 Å². The average Bonchev–Trinajstić information content (AvgIpc) is 2.68. The number of phenols is 1. The van der Waals surface area contributed by atoms with E-state index in [1.165, 1.54) is 18.2 Å². The Labute approximate surface area is 159 Å². The molecule has 2 N–H and O–H groups in total. The smallest absolute Gasteiger partial charge is 0.339 e. The van der Waals surface area contributed by atoms with Crippen molar-refractivity contribution < 1.29 is 24.0 Å². The fraction of sp³-hybridized carbons (Fsp3) is 0.0952. The summed E-state index contributed by atoms with van der Waals surface area (Å²) in [6, 6.07) is 21.3. The molecule has 6 heteroatoms. The van der Waals surface area contributed by atoms with Crippen molar-refractivity contribution in [2.45, 2.75) is 4.90 Å². The Morgan fingerprint density at radius 2 is 1.67 bits per heavy atom. The normalized spacial score (nSPS) is 11.7. The minimum Gasteiger partial charge on any atom is -0.507 e. The Kier molecular flexibility index (Phi) is 5.88. The summed E-state index contributed by atoms with van der Waals surface area (Å²) in [5, 5.41) is 18.6. The Morgan fingerprint density at radius 3 is 2.37 bits per heavy atom. The van der Waals surface area contributed by atoms with Crippen LogP contribution in [0.3, 0.4) is 0 Å². The molecule has 5 nitrogen and oxygen atoms in total. The molecule has 27 heavy (non-hydrogen) atoms. The van der Waals surface area contributed by atoms with Gasteiger partial charge in [-0.05, 0) is 29.3 Å². The lowest BCUT2D eigenvalue weighted by Crippen LogP contribution is -2.09. The Bertz CT molecular complexity index is 969. The first-order chi connectivity index (χ1) is 13.1. The zero-order chi connectivity index (χ0) is 19.2. The van der Waals surface area contributed by atoms with Crippen molar-refractivity contribution in [1.29, 1.82) is 0 Å². The number of carboxylic acid groups (broad SMARTS) is 1. The molecule has 0 aliphatic carbocycles. The maximum absolute atomic E-state index is 12.7. The zero-order valence-electron chi connectivity index (χ0n) is 14.4. The van der Waals surface area contributed by atoms with E-state index in [0.29, 0.717) is 5.75 Å². The second kappa shape index (κ2) is 8.51. The quantitative estimate of drug-likeness (QED) is 0.647. The topological polar surface area (TPSA) is 83.8 Å². The van der Waals surface area contributed by atoms with Gasteiger partial charge in [0, 0.05) is 11.0 Å². The standard InChI is InChI=1S/C21H18O5S/c22-19-14-16(10-11-18(19)21(23)24)26-12-13-27(25)20-9-5-4-8-17(20)15-6-2-1-3-7-15/h1-11,14,22H,12-13H2,(H,23,24). The van der Waals surface area contributed by atoms with Gasteiger partial charge in [-0.1, -0.05) is 48.5 Å². The van der Waals surface area contributed by atoms with Gasteiger partial charge >= 0.3 is 5.97 Å². The number of carboxylic acids is 1. The maximum Gasteiger partial charge on any atom is 0.339 e. The van der Waals surface area contributed by atoms with E-state index >= 15 is 0 Å². The minimum atomic E-state index is -1.27. The number of ether oxygens (including phenoxy) is 1. The van der Waals surface area contributed by atoms with E-state index in [2.05, 4.69) is 0 Å². The summed E-state index contributed by atoms with van der Waals surface area (Å²) in [6.07, 6.45) is 0. The maximum atomic E-state index is 12.7. The molecular formula is C21H18O5S. The summed E-state index contributed by atoms with van der Waals surface area (Å²) in [7, 11) is -1.27. The van der Waals surface area contributed by atoms with Crippen LogP contribution in [0.25, 0.3) is 11.1 Å². The van der Waals surface area contributed by atoms with Crippen LogP contribution in [0.4, 0.5) is 0 Å². The number of rotatable bonds is 7. The molecule has 0 amide bonds. The van der Waals surface area contributed by atoms with Crippen LogP contribution in [0.5, 0.6) is 11.5 Å². The van der Waals surface area contributed by atoms with Crippen molar-refractivity contribution >= 4 is 16.8 Å². The minimum absolute atomic E-state index is 0.168. The van der Waals surface area contributed by atoms with Crippen LogP contribution in [0.15, 0.2) is 77.7 Å². The van der Waals surface area contributed by atoms with Crippen LogP contribution in [0, 0.1) is 0 Å². The first-order valence-electron chi connectivity index (χ1n) is 8.28. The molecule has 1 unspecified atom stereocenters. The highest BCUT2D eigenvalue weighted by molar-refractivity contribution is 7.85. The highest BCUT2D eigenvalue weighted by atomic mass is 32.2. The summed E-state index contributed by atoms with van der Waals surface area (Å²) in [4.78, 5) is 11.6. The van der Waals surface area contributed by atoms with Gasteiger partial charge in [-0.2, -0.15) is 0 Å². The molecule has 0 bridgehead atoms. The molecule has 0 radical (unpaired) electrons. The van der Waals surface area contributed by atoms with Gasteiger partial charge in [0.2, 0.25) is 0 Å². The fourth-order valence-electron chi connectivity index (χ4n) is 2.65. The summed E-state index contributed by atoms with van der Waals surface area (Å²) in [5.74, 6) is -0.982. The Morgan fingerprint density at radius 1 is 0.963 bits per heavy atom. The molecule has 0 heterocycles. The molecule has 0 saturated heterocycles. The van der Waals surface area contributed by atoms with Crippen LogP contribution in [0.2, 0.25) is 0 Å². The molecule has 0 aliphatic heterocycles. The van der Waals surface area contributed by atoms with Crippen molar-refractivity contribution in [2.24, 2.45) is 0 Å². The lowest BCUT2D eigenvalue weighted by Gasteiger charge is -2.11. The molecule has 0 spiro atoms. The number of aromatic hydroxyl groups is 1. The number of carbonyl (C=O) groups is 1. The largest absolute Gasteiger partial charge is 0.507 e. The van der Waals surface area contributed by atoms with E-state index in [0.717, 1.165) is 16.0 Å². The lowest BCUT2D eigenvalue weighted by molar-refractivity contribution is 0.0693. The van der Waals surface area contributed by atoms with Gasteiger partial charge in [0.05, 0.1) is 16.6 Å². The van der Waals surface area contributed by atoms with Gasteiger partial charge in [0.1, 0.15) is 23.7 Å². The van der Waals surface area contributed by atoms with E-state index < -0.39 is 16.8 Å². The Hall–Kier alpha value is -3.12. The highest BCUT2D eigenvalue weighted by Crippen LogP contribution is 2.27. The molecule has 3 aromatic carbocycles. The van der Waals surface area contributed by atoms with E-state index in [4.69, 9.17) is 9.84 Å². The van der Waals surface area contributed by atoms with Crippen LogP contribution in [-0.4, -0.2) is 32.8 Å². The lowest BCUT2D eigenvalue weighted by atomic mass is 10.1. The van der Waals surface area contributed by atoms with Crippen molar-refractivity contribution in [1.82, 2.24) is 0 Å². The Balaban J connectivity index is 1.67. The van der Waals surface area contributed by atoms with Crippen molar-refractivity contribution in [3.63, 3.8) is 0 Å². The van der Waals surface area contributed by atoms with Gasteiger partial charge in [0.25, 0.3) is 0 Å². The fourth-order valence-corrected chi connectivity index (χ4v) is 3.76. The van der Waals surface area contributed by atoms with E-state index in [-0.39, 0.29) is 23.7 Å². The third-order valence-electron chi connectivity index (χ3n) is 3.95. The molecule has 138 valence electrons. The van der Waals surface area contributed by atoms with E-state index in [1.54, 1.807) is 0 Å². The zero-order valence-corrected chi connectivity index (χ0v) is 15.2. The summed E-state index contributed by atoms with van der Waals surface area (Å²) in [6.45, 7) is 0.168. The molecule has 0 saturated carbocycles. The predicted molar refractivity (Wildman–Crippen MR) is 104 cm³/mol. The van der Waals surface area contributed by atoms with Gasteiger partial charge in [-0.25, -0.2) is 4.79 Å². The van der Waals surface area contributed by atoms with Crippen LogP contribution >= 0.6 is 0 Å². The second-order valence-electron chi connectivity index (χ2n) is 5.74. The third-order valence-corrected chi connectivity index (χ3v) is 5.34. The van der Waals surface area contributed by atoms with Gasteiger partial charge in [0.15, 0.2) is 0 Å². The van der Waals surface area contributed by atoms with Crippen LogP contribution in [-0.2, 0) is 10.8 Å². The molecular weight excluding hydrogens is 364 g/mol. The molecule has 1 atom stereocenters. The number of hydrogen-bond acceptors (Lipinski definition) is 4. The second-order valence-corrected chi connectivity index (χ2v) is 7.28. The third kappa shape index (κ3) is 4.54. The van der Waals surface area contributed by atoms with Gasteiger partial charge in [-0.15, -0.1) is 0 Å². The molecule has 0 aromatic heterocycles. The number of hydrogen-bond donors (Lipinski definition) is 2. The number of aromatic carboxylic acids is 1. The molecule has 0 fully saturated rings. The number of benzene rings is 3. The first kappa shape index (κ1) is 18.7. The average molecular weight is 382 g/mol. The molecule has 0 aliphatic rings. The monoisotopic (exact) mass is 382 g/mol. The predicted octanol–water partition coefficient (Wildman–Crippen LogP) is 3.94. The van der Waals surface area contributed by atoms with Gasteiger partial charge in [-0.3, -0.25) is 4.21 Å². The summed E-state index contributed by atoms with van der Waals surface area (Å²) in [5.41, 5.74) is 1.72. The van der Waals surface area contributed by atoms with Crippen molar-refractivity contribution in [2.75, 3.05) is 12.4 Å². The van der Waals surface area contributed by atoms with E-state index in [9.17, 15) is 14.1 Å². The summed E-state index contributed by atoms with van der Waals surface area (Å²) >= 11 is 0. The van der Waals surface area contributed by atoms with Crippen LogP contribution in [0.1, 0.15) is 10.4 Å². The SMILES string of the molecule is O=C(O)c1ccc(OCCS(=O)c2ccccc2-c2ccccc2)cc1O. The molecule has 3 rings (SSSR count). The van der Waals surface area contributed by atoms with Crippen LogP contribution < -0.4 is 4.74 Å². The molecule has 3 aromatic rings. The first-order valence-corrected chi connectivity index (χ1v) is 9.60. The summed E-state index contributed by atoms with van der Waals surface area (Å²) < 4.78 is 18.3. The van der Waals surface area contributed by atoms with Gasteiger partial charge < -0.3 is 14.9 Å². The van der Waals surface area contributed by atoms with Crippen molar-refractivity contribution in [3.8, 4) is 22.6 Å². The highest BCUT2D eigenvalue weighted by Gasteiger charge is 2.13.